The first kappa shape index (κ1) is 25.9. The maximum atomic E-state index is 13.0. The molecule has 0 fully saturated rings. The molecule has 7 heteroatoms. The molecule has 33 heavy (non-hydrogen) atoms. The Morgan fingerprint density at radius 3 is 1.94 bits per heavy atom. The van der Waals surface area contributed by atoms with Crippen LogP contribution in [0, 0.1) is 0 Å². The third kappa shape index (κ3) is 6.57. The van der Waals surface area contributed by atoms with E-state index in [2.05, 4.69) is 5.32 Å². The fraction of sp³-hybridized carbons (Fsp3) is 0.423. The maximum absolute atomic E-state index is 13.0. The zero-order valence-corrected chi connectivity index (χ0v) is 20.4. The zero-order valence-electron chi connectivity index (χ0n) is 20.4. The van der Waals surface area contributed by atoms with Gasteiger partial charge >= 0.3 is 17.9 Å². The smallest absolute Gasteiger partial charge is 0.336 e. The molecule has 0 saturated heterocycles. The Morgan fingerprint density at radius 1 is 0.939 bits per heavy atom. The minimum Gasteiger partial charge on any atom is -0.463 e. The lowest BCUT2D eigenvalue weighted by Gasteiger charge is -2.31. The molecule has 1 aliphatic heterocycles. The van der Waals surface area contributed by atoms with Crippen LogP contribution in [0.25, 0.3) is 6.08 Å². The van der Waals surface area contributed by atoms with Gasteiger partial charge in [0, 0.05) is 17.5 Å². The Hall–Kier alpha value is -3.35. The molecule has 178 valence electrons. The van der Waals surface area contributed by atoms with Crippen LogP contribution in [-0.4, -0.2) is 36.7 Å². The average molecular weight is 460 g/mol. The number of esters is 3. The van der Waals surface area contributed by atoms with Crippen molar-refractivity contribution in [2.75, 3.05) is 13.2 Å². The van der Waals surface area contributed by atoms with E-state index in [1.54, 1.807) is 54.5 Å². The molecule has 0 radical (unpaired) electrons. The number of nitrogens with one attached hydrogen (secondary N) is 1. The summed E-state index contributed by atoms with van der Waals surface area (Å²) in [6.45, 7) is 12.8. The first-order valence-electron chi connectivity index (χ1n) is 11.0. The fourth-order valence-electron chi connectivity index (χ4n) is 3.68. The second kappa shape index (κ2) is 11.0. The molecule has 1 heterocycles. The Kier molecular flexibility index (Phi) is 8.63. The van der Waals surface area contributed by atoms with E-state index in [4.69, 9.17) is 14.2 Å². The SMILES string of the molecule is CCO[13C](=O)[13C]1=C(C)NC(C)=[13C]([13C](=O)OCC)C1c1ccccc1/C=C/C(=O)OC(C)(C)C. The van der Waals surface area contributed by atoms with Gasteiger partial charge in [-0.1, -0.05) is 24.3 Å². The van der Waals surface area contributed by atoms with Gasteiger partial charge in [0.25, 0.3) is 0 Å². The van der Waals surface area contributed by atoms with Gasteiger partial charge in [-0.3, -0.25) is 0 Å². The lowest BCUT2D eigenvalue weighted by molar-refractivity contribution is -0.148. The van der Waals surface area contributed by atoms with Gasteiger partial charge in [-0.2, -0.15) is 0 Å². The number of benzene rings is 1. The molecule has 1 N–H and O–H groups in total. The van der Waals surface area contributed by atoms with Crippen LogP contribution in [0.1, 0.15) is 65.5 Å². The normalized spacial score (nSPS) is 14.9. The van der Waals surface area contributed by atoms with Crippen molar-refractivity contribution in [2.45, 2.75) is 60.0 Å². The Bertz CT molecular complexity index is 970. The molecule has 0 spiro atoms. The summed E-state index contributed by atoms with van der Waals surface area (Å²) >= 11 is 0. The summed E-state index contributed by atoms with van der Waals surface area (Å²) in [6.07, 6.45) is 2.97. The van der Waals surface area contributed by atoms with E-state index in [9.17, 15) is 14.4 Å². The van der Waals surface area contributed by atoms with E-state index >= 15 is 0 Å². The highest BCUT2D eigenvalue weighted by molar-refractivity contribution is 6.00. The van der Waals surface area contributed by atoms with Gasteiger partial charge in [0.05, 0.1) is 30.3 Å². The van der Waals surface area contributed by atoms with Crippen molar-refractivity contribution < 1.29 is 28.6 Å². The van der Waals surface area contributed by atoms with Crippen molar-refractivity contribution in [3.63, 3.8) is 0 Å². The number of dihydropyridines is 1. The minimum atomic E-state index is -0.733. The second-order valence-electron chi connectivity index (χ2n) is 8.57. The minimum absolute atomic E-state index is 0.194. The van der Waals surface area contributed by atoms with E-state index in [-0.39, 0.29) is 13.2 Å². The molecule has 0 amide bonds. The van der Waals surface area contributed by atoms with Crippen molar-refractivity contribution in [1.82, 2.24) is 5.32 Å². The molecular weight excluding hydrogens is 426 g/mol. The van der Waals surface area contributed by atoms with Crippen LogP contribution in [0.5, 0.6) is 0 Å². The highest BCUT2D eigenvalue weighted by atomic mass is 16.6. The summed E-state index contributed by atoms with van der Waals surface area (Å²) in [5, 5.41) is 3.12. The van der Waals surface area contributed by atoms with Crippen molar-refractivity contribution >= 4 is 24.0 Å². The lowest BCUT2D eigenvalue weighted by Crippen LogP contribution is -2.32. The van der Waals surface area contributed by atoms with Crippen LogP contribution in [0.15, 0.2) is 52.9 Å². The summed E-state index contributed by atoms with van der Waals surface area (Å²) in [5.74, 6) is -2.26. The van der Waals surface area contributed by atoms with Gasteiger partial charge in [0.2, 0.25) is 0 Å². The number of hydrogen-bond acceptors (Lipinski definition) is 7. The summed E-state index contributed by atoms with van der Waals surface area (Å²) in [7, 11) is 0. The number of allylic oxidation sites excluding steroid dienone is 2. The van der Waals surface area contributed by atoms with Crippen LogP contribution < -0.4 is 5.32 Å². The summed E-state index contributed by atoms with van der Waals surface area (Å²) in [5.41, 5.74) is 2.55. The van der Waals surface area contributed by atoms with Crippen LogP contribution in [-0.2, 0) is 28.6 Å². The number of carbonyl (C=O) groups is 3. The Labute approximate surface area is 195 Å². The molecule has 0 atom stereocenters. The molecule has 0 bridgehead atoms. The standard InChI is InChI=1S/C26H33NO6/c1-8-31-24(29)21-16(3)27-17(4)22(25(30)32-9-2)23(21)19-13-11-10-12-18(19)14-15-20(28)33-26(5,6)7/h10-15,23,27H,8-9H2,1-7H3/b15-14+/i21+1,22+1,24+1,25+1. The third-order valence-electron chi connectivity index (χ3n) is 4.86. The third-order valence-corrected chi connectivity index (χ3v) is 4.86. The summed E-state index contributed by atoms with van der Waals surface area (Å²) in [4.78, 5) is 38.2. The molecule has 1 aliphatic rings. The van der Waals surface area contributed by atoms with Crippen molar-refractivity contribution in [2.24, 2.45) is 0 Å². The van der Waals surface area contributed by atoms with Gasteiger partial charge in [0.15, 0.2) is 0 Å². The van der Waals surface area contributed by atoms with Gasteiger partial charge in [-0.15, -0.1) is 0 Å². The highest BCUT2D eigenvalue weighted by Crippen LogP contribution is 2.40. The van der Waals surface area contributed by atoms with E-state index < -0.39 is 29.4 Å². The van der Waals surface area contributed by atoms with E-state index in [1.165, 1.54) is 6.08 Å². The van der Waals surface area contributed by atoms with Crippen molar-refractivity contribution in [3.8, 4) is 0 Å². The lowest BCUT2D eigenvalue weighted by atomic mass is 9.98. The number of carbonyl (C=O) groups excluding carboxylic acids is 3. The molecule has 0 unspecified atom stereocenters. The van der Waals surface area contributed by atoms with Crippen LogP contribution in [0.4, 0.5) is 0 Å². The molecule has 0 saturated carbocycles. The van der Waals surface area contributed by atoms with Crippen LogP contribution in [0.2, 0.25) is 0 Å². The molecule has 2 rings (SSSR count). The molecule has 7 nitrogen and oxygen atoms in total. The Morgan fingerprint density at radius 2 is 1.45 bits per heavy atom. The van der Waals surface area contributed by atoms with E-state index in [1.807, 2.05) is 24.3 Å². The second-order valence-corrected chi connectivity index (χ2v) is 8.57. The van der Waals surface area contributed by atoms with Crippen LogP contribution in [0.3, 0.4) is 0 Å². The molecule has 1 aromatic rings. The zero-order chi connectivity index (χ0) is 24.8. The number of ether oxygens (including phenoxy) is 3. The summed E-state index contributed by atoms with van der Waals surface area (Å²) < 4.78 is 16.0. The first-order chi connectivity index (χ1) is 15.5. The van der Waals surface area contributed by atoms with Gasteiger partial charge in [0.1, 0.15) is 5.60 Å². The topological polar surface area (TPSA) is 90.9 Å². The average Bonchev–Trinajstić information content (AvgIpc) is 2.71. The van der Waals surface area contributed by atoms with E-state index in [0.717, 1.165) is 0 Å². The molecule has 0 aromatic heterocycles. The predicted octanol–water partition coefficient (Wildman–Crippen LogP) is 4.40. The van der Waals surface area contributed by atoms with Gasteiger partial charge in [-0.25, -0.2) is 14.4 Å². The quantitative estimate of drug-likeness (QED) is 0.280. The summed E-state index contributed by atoms with van der Waals surface area (Å²) in [6, 6.07) is 7.27. The largest absolute Gasteiger partial charge is 0.463 e. The highest BCUT2D eigenvalue weighted by Gasteiger charge is 2.38. The molecule has 1 aromatic carbocycles. The Balaban J connectivity index is 2.65. The first-order valence-corrected chi connectivity index (χ1v) is 11.0. The van der Waals surface area contributed by atoms with Crippen molar-refractivity contribution in [3.05, 3.63) is 64.0 Å². The van der Waals surface area contributed by atoms with Crippen molar-refractivity contribution in [1.29, 1.82) is 0 Å². The monoisotopic (exact) mass is 459 g/mol. The van der Waals surface area contributed by atoms with E-state index in [0.29, 0.717) is 33.7 Å². The maximum Gasteiger partial charge on any atom is 0.336 e. The number of rotatable bonds is 7. The molecule has 0 aliphatic carbocycles. The van der Waals surface area contributed by atoms with Gasteiger partial charge < -0.3 is 19.5 Å². The predicted molar refractivity (Wildman–Crippen MR) is 126 cm³/mol. The molecular formula is C26H33NO6. The number of hydrogen-bond donors (Lipinski definition) is 1. The fourth-order valence-corrected chi connectivity index (χ4v) is 3.68. The van der Waals surface area contributed by atoms with Crippen LogP contribution >= 0.6 is 0 Å². The van der Waals surface area contributed by atoms with Gasteiger partial charge in [-0.05, 0) is 65.7 Å².